The molecule has 5 heteroatoms. The van der Waals surface area contributed by atoms with Gasteiger partial charge in [-0.05, 0) is 32.2 Å². The molecule has 4 nitrogen and oxygen atoms in total. The fourth-order valence-corrected chi connectivity index (χ4v) is 1.64. The van der Waals surface area contributed by atoms with E-state index in [1.165, 1.54) is 12.1 Å². The van der Waals surface area contributed by atoms with Gasteiger partial charge >= 0.3 is 5.97 Å². The maximum absolute atomic E-state index is 13.4. The van der Waals surface area contributed by atoms with Crippen LogP contribution in [0.3, 0.4) is 0 Å². The molecule has 0 amide bonds. The Balaban J connectivity index is 2.82. The molecule has 0 spiro atoms. The summed E-state index contributed by atoms with van der Waals surface area (Å²) in [6.45, 7) is 2.30. The Morgan fingerprint density at radius 1 is 1.53 bits per heavy atom. The summed E-state index contributed by atoms with van der Waals surface area (Å²) in [6.07, 6.45) is -0.509. The average molecular weight is 241 g/mol. The molecular weight excluding hydrogens is 225 g/mol. The van der Waals surface area contributed by atoms with Crippen LogP contribution in [0.2, 0.25) is 0 Å². The second-order valence-electron chi connectivity index (χ2n) is 4.16. The van der Waals surface area contributed by atoms with Crippen molar-refractivity contribution in [1.82, 2.24) is 4.90 Å². The van der Waals surface area contributed by atoms with Crippen LogP contribution in [0.25, 0.3) is 0 Å². The first-order chi connectivity index (χ1) is 7.90. The number of aliphatic hydroxyl groups excluding tert-OH is 1. The topological polar surface area (TPSA) is 60.8 Å². The number of carboxylic acids is 1. The number of aliphatic hydroxyl groups is 1. The molecule has 1 aromatic rings. The summed E-state index contributed by atoms with van der Waals surface area (Å²) in [7, 11) is 1.74. The first-order valence-corrected chi connectivity index (χ1v) is 5.28. The lowest BCUT2D eigenvalue weighted by atomic mass is 10.1. The molecule has 0 aliphatic heterocycles. The Morgan fingerprint density at radius 3 is 2.71 bits per heavy atom. The van der Waals surface area contributed by atoms with Crippen molar-refractivity contribution < 1.29 is 19.4 Å². The van der Waals surface area contributed by atoms with E-state index in [9.17, 15) is 14.3 Å². The number of carbonyl (C=O) groups is 1. The van der Waals surface area contributed by atoms with Gasteiger partial charge in [0.25, 0.3) is 0 Å². The van der Waals surface area contributed by atoms with Crippen LogP contribution in [-0.2, 0) is 6.54 Å². The van der Waals surface area contributed by atoms with E-state index < -0.39 is 17.9 Å². The van der Waals surface area contributed by atoms with Gasteiger partial charge in [-0.3, -0.25) is 4.90 Å². The average Bonchev–Trinajstić information content (AvgIpc) is 2.19. The Hall–Kier alpha value is -1.46. The van der Waals surface area contributed by atoms with Crippen LogP contribution in [0, 0.1) is 5.82 Å². The molecule has 0 aliphatic carbocycles. The van der Waals surface area contributed by atoms with Crippen LogP contribution in [0.5, 0.6) is 0 Å². The quantitative estimate of drug-likeness (QED) is 0.816. The molecule has 1 unspecified atom stereocenters. The highest BCUT2D eigenvalue weighted by Crippen LogP contribution is 2.13. The SMILES string of the molecule is CC(O)CN(C)Cc1cc(C(=O)O)ccc1F. The summed E-state index contributed by atoms with van der Waals surface area (Å²) in [4.78, 5) is 12.5. The van der Waals surface area contributed by atoms with Gasteiger partial charge in [0.05, 0.1) is 11.7 Å². The van der Waals surface area contributed by atoms with Crippen molar-refractivity contribution in [1.29, 1.82) is 0 Å². The maximum Gasteiger partial charge on any atom is 0.335 e. The maximum atomic E-state index is 13.4. The minimum Gasteiger partial charge on any atom is -0.478 e. The summed E-state index contributed by atoms with van der Waals surface area (Å²) in [5, 5.41) is 18.0. The van der Waals surface area contributed by atoms with Gasteiger partial charge in [0, 0.05) is 18.7 Å². The van der Waals surface area contributed by atoms with Gasteiger partial charge in [-0.15, -0.1) is 0 Å². The van der Waals surface area contributed by atoms with E-state index in [0.717, 1.165) is 6.07 Å². The number of likely N-dealkylation sites (N-methyl/N-ethyl adjacent to an activating group) is 1. The zero-order valence-electron chi connectivity index (χ0n) is 9.85. The Labute approximate surface area is 99.3 Å². The smallest absolute Gasteiger partial charge is 0.335 e. The summed E-state index contributed by atoms with van der Waals surface area (Å²) < 4.78 is 13.4. The molecule has 0 saturated carbocycles. The predicted molar refractivity (Wildman–Crippen MR) is 61.4 cm³/mol. The van der Waals surface area contributed by atoms with E-state index in [4.69, 9.17) is 5.11 Å². The number of hydrogen-bond acceptors (Lipinski definition) is 3. The van der Waals surface area contributed by atoms with E-state index in [1.54, 1.807) is 18.9 Å². The van der Waals surface area contributed by atoms with Crippen molar-refractivity contribution in [2.24, 2.45) is 0 Å². The first kappa shape index (κ1) is 13.6. The molecule has 1 atom stereocenters. The van der Waals surface area contributed by atoms with Crippen LogP contribution < -0.4 is 0 Å². The van der Waals surface area contributed by atoms with Crippen LogP contribution in [0.1, 0.15) is 22.8 Å². The number of carboxylic acid groups (broad SMARTS) is 1. The number of aromatic carboxylic acids is 1. The van der Waals surface area contributed by atoms with Gasteiger partial charge in [-0.1, -0.05) is 0 Å². The van der Waals surface area contributed by atoms with Crippen LogP contribution in [-0.4, -0.2) is 40.8 Å². The molecule has 0 saturated heterocycles. The second kappa shape index (κ2) is 5.75. The minimum atomic E-state index is -1.08. The normalized spacial score (nSPS) is 12.8. The summed E-state index contributed by atoms with van der Waals surface area (Å²) >= 11 is 0. The number of benzene rings is 1. The fraction of sp³-hybridized carbons (Fsp3) is 0.417. The molecule has 0 aromatic heterocycles. The Kier molecular flexibility index (Phi) is 4.60. The largest absolute Gasteiger partial charge is 0.478 e. The third-order valence-electron chi connectivity index (χ3n) is 2.31. The lowest BCUT2D eigenvalue weighted by Gasteiger charge is -2.18. The van der Waals surface area contributed by atoms with Crippen LogP contribution >= 0.6 is 0 Å². The highest BCUT2D eigenvalue weighted by atomic mass is 19.1. The molecule has 1 aromatic carbocycles. The summed E-state index contributed by atoms with van der Waals surface area (Å²) in [6, 6.07) is 3.70. The van der Waals surface area contributed by atoms with Crippen molar-refractivity contribution in [2.75, 3.05) is 13.6 Å². The number of halogens is 1. The van der Waals surface area contributed by atoms with Gasteiger partial charge < -0.3 is 10.2 Å². The molecule has 2 N–H and O–H groups in total. The van der Waals surface area contributed by atoms with E-state index >= 15 is 0 Å². The minimum absolute atomic E-state index is 0.0619. The molecule has 0 fully saturated rings. The summed E-state index contributed by atoms with van der Waals surface area (Å²) in [5.41, 5.74) is 0.375. The lowest BCUT2D eigenvalue weighted by Crippen LogP contribution is -2.27. The highest BCUT2D eigenvalue weighted by Gasteiger charge is 2.11. The molecule has 0 radical (unpaired) electrons. The van der Waals surface area contributed by atoms with E-state index in [2.05, 4.69) is 0 Å². The van der Waals surface area contributed by atoms with Crippen LogP contribution in [0.4, 0.5) is 4.39 Å². The predicted octanol–water partition coefficient (Wildman–Crippen LogP) is 1.34. The molecule has 17 heavy (non-hydrogen) atoms. The zero-order chi connectivity index (χ0) is 13.0. The molecule has 0 aliphatic rings. The molecule has 0 bridgehead atoms. The number of rotatable bonds is 5. The summed E-state index contributed by atoms with van der Waals surface area (Å²) in [5.74, 6) is -1.52. The van der Waals surface area contributed by atoms with Gasteiger partial charge in [-0.25, -0.2) is 9.18 Å². The molecule has 1 rings (SSSR count). The molecule has 94 valence electrons. The van der Waals surface area contributed by atoms with Crippen LogP contribution in [0.15, 0.2) is 18.2 Å². The van der Waals surface area contributed by atoms with Crippen molar-refractivity contribution in [3.05, 3.63) is 35.1 Å². The van der Waals surface area contributed by atoms with Gasteiger partial charge in [0.15, 0.2) is 0 Å². The van der Waals surface area contributed by atoms with Gasteiger partial charge in [-0.2, -0.15) is 0 Å². The molecule has 0 heterocycles. The van der Waals surface area contributed by atoms with Gasteiger partial charge in [0.1, 0.15) is 5.82 Å². The van der Waals surface area contributed by atoms with Crippen molar-refractivity contribution in [3.63, 3.8) is 0 Å². The number of hydrogen-bond donors (Lipinski definition) is 2. The number of nitrogens with zero attached hydrogens (tertiary/aromatic N) is 1. The van der Waals surface area contributed by atoms with E-state index in [0.29, 0.717) is 12.1 Å². The fourth-order valence-electron chi connectivity index (χ4n) is 1.64. The zero-order valence-corrected chi connectivity index (χ0v) is 9.85. The monoisotopic (exact) mass is 241 g/mol. The molecular formula is C12H16FNO3. The van der Waals surface area contributed by atoms with Crippen molar-refractivity contribution in [2.45, 2.75) is 19.6 Å². The van der Waals surface area contributed by atoms with Gasteiger partial charge in [0.2, 0.25) is 0 Å². The third-order valence-corrected chi connectivity index (χ3v) is 2.31. The van der Waals surface area contributed by atoms with Crippen molar-refractivity contribution in [3.8, 4) is 0 Å². The first-order valence-electron chi connectivity index (χ1n) is 5.28. The third kappa shape index (κ3) is 4.13. The Bertz CT molecular complexity index is 407. The van der Waals surface area contributed by atoms with E-state index in [1.807, 2.05) is 0 Å². The highest BCUT2D eigenvalue weighted by molar-refractivity contribution is 5.87. The lowest BCUT2D eigenvalue weighted by molar-refractivity contribution is 0.0696. The standard InChI is InChI=1S/C12H16FNO3/c1-8(15)6-14(2)7-10-5-9(12(16)17)3-4-11(10)13/h3-5,8,15H,6-7H2,1-2H3,(H,16,17). The van der Waals surface area contributed by atoms with E-state index in [-0.39, 0.29) is 12.1 Å². The van der Waals surface area contributed by atoms with Crippen molar-refractivity contribution >= 4 is 5.97 Å². The Morgan fingerprint density at radius 2 is 2.18 bits per heavy atom. The second-order valence-corrected chi connectivity index (χ2v) is 4.16.